The molecule has 0 fully saturated rings. The molecule has 1 aliphatic carbocycles. The maximum absolute atomic E-state index is 6.37. The average Bonchev–Trinajstić information content (AvgIpc) is 2.60. The van der Waals surface area contributed by atoms with Gasteiger partial charge in [-0.3, -0.25) is 4.98 Å². The third kappa shape index (κ3) is 2.28. The van der Waals surface area contributed by atoms with E-state index in [-0.39, 0.29) is 0 Å². The summed E-state index contributed by atoms with van der Waals surface area (Å²) in [6.07, 6.45) is 5.82. The highest BCUT2D eigenvalue weighted by molar-refractivity contribution is 6.39. The van der Waals surface area contributed by atoms with Crippen molar-refractivity contribution in [2.24, 2.45) is 0 Å². The molecule has 0 radical (unpaired) electrons. The Hall–Kier alpha value is -0.990. The van der Waals surface area contributed by atoms with Crippen LogP contribution in [0.4, 0.5) is 5.69 Å². The monoisotopic (exact) mass is 294 g/mol. The fourth-order valence-electron chi connectivity index (χ4n) is 2.93. The molecule has 1 aromatic heterocycles. The minimum absolute atomic E-state index is 0.639. The van der Waals surface area contributed by atoms with Gasteiger partial charge in [0.05, 0.1) is 10.5 Å². The van der Waals surface area contributed by atoms with Gasteiger partial charge in [-0.05, 0) is 43.4 Å². The number of nitrogens with one attached hydrogen (secondary N) is 1. The quantitative estimate of drug-likeness (QED) is 0.760. The molecule has 0 amide bonds. The number of hydrogen-bond acceptors (Lipinski definition) is 2. The lowest BCUT2D eigenvalue weighted by molar-refractivity contribution is 0.709. The summed E-state index contributed by atoms with van der Waals surface area (Å²) < 4.78 is 0. The molecule has 0 bridgehead atoms. The van der Waals surface area contributed by atoms with E-state index in [4.69, 9.17) is 28.2 Å². The highest BCUT2D eigenvalue weighted by Gasteiger charge is 2.18. The third-order valence-corrected chi connectivity index (χ3v) is 4.30. The molecule has 2 aromatic rings. The van der Waals surface area contributed by atoms with Gasteiger partial charge in [-0.25, -0.2) is 0 Å². The topological polar surface area (TPSA) is 24.9 Å². The van der Waals surface area contributed by atoms with Crippen molar-refractivity contribution in [2.45, 2.75) is 32.1 Å². The van der Waals surface area contributed by atoms with Gasteiger partial charge in [-0.1, -0.05) is 29.6 Å². The van der Waals surface area contributed by atoms with Crippen molar-refractivity contribution in [1.82, 2.24) is 4.98 Å². The molecule has 1 N–H and O–H groups in total. The van der Waals surface area contributed by atoms with E-state index in [0.717, 1.165) is 29.4 Å². The van der Waals surface area contributed by atoms with E-state index in [0.29, 0.717) is 10.0 Å². The average molecular weight is 295 g/mol. The van der Waals surface area contributed by atoms with E-state index in [9.17, 15) is 0 Å². The first-order valence-corrected chi connectivity index (χ1v) is 7.44. The Morgan fingerprint density at radius 2 is 1.89 bits per heavy atom. The highest BCUT2D eigenvalue weighted by Crippen LogP contribution is 2.37. The Balaban J connectivity index is 2.36. The molecular weight excluding hydrogens is 279 g/mol. The van der Waals surface area contributed by atoms with E-state index in [2.05, 4.69) is 5.32 Å². The van der Waals surface area contributed by atoms with Crippen LogP contribution in [0.25, 0.3) is 10.9 Å². The van der Waals surface area contributed by atoms with Crippen LogP contribution >= 0.6 is 23.2 Å². The van der Waals surface area contributed by atoms with Gasteiger partial charge in [0.25, 0.3) is 0 Å². The Labute approximate surface area is 123 Å². The molecule has 0 spiro atoms. The predicted molar refractivity (Wildman–Crippen MR) is 82.6 cm³/mol. The number of aryl methyl sites for hydroxylation is 1. The summed E-state index contributed by atoms with van der Waals surface area (Å²) in [5.74, 6) is 0. The van der Waals surface area contributed by atoms with Crippen LogP contribution in [0.3, 0.4) is 0 Å². The second kappa shape index (κ2) is 5.18. The molecule has 2 nitrogen and oxygen atoms in total. The molecule has 0 unspecified atom stereocenters. The number of hydrogen-bond donors (Lipinski definition) is 1. The number of nitrogens with zero attached hydrogens (tertiary/aromatic N) is 1. The van der Waals surface area contributed by atoms with Gasteiger partial charge in [0, 0.05) is 28.8 Å². The summed E-state index contributed by atoms with van der Waals surface area (Å²) in [6, 6.07) is 3.69. The van der Waals surface area contributed by atoms with Crippen LogP contribution in [0.2, 0.25) is 10.0 Å². The smallest absolute Gasteiger partial charge is 0.0756 e. The second-order valence-corrected chi connectivity index (χ2v) is 5.85. The summed E-state index contributed by atoms with van der Waals surface area (Å²) in [7, 11) is 1.95. The van der Waals surface area contributed by atoms with Crippen molar-refractivity contribution in [2.75, 3.05) is 12.4 Å². The van der Waals surface area contributed by atoms with E-state index < -0.39 is 0 Å². The predicted octanol–water partition coefficient (Wildman–Crippen LogP) is 4.85. The lowest BCUT2D eigenvalue weighted by Crippen LogP contribution is -2.03. The first-order chi connectivity index (χ1) is 9.20. The van der Waals surface area contributed by atoms with Gasteiger partial charge in [0.2, 0.25) is 0 Å². The number of benzene rings is 1. The highest BCUT2D eigenvalue weighted by atomic mass is 35.5. The molecule has 3 rings (SSSR count). The molecule has 0 saturated carbocycles. The third-order valence-electron chi connectivity index (χ3n) is 3.78. The van der Waals surface area contributed by atoms with Crippen molar-refractivity contribution >= 4 is 39.8 Å². The molecule has 1 aliphatic rings. The second-order valence-electron chi connectivity index (χ2n) is 5.00. The van der Waals surface area contributed by atoms with Crippen molar-refractivity contribution in [3.05, 3.63) is 33.4 Å². The fraction of sp³-hybridized carbons (Fsp3) is 0.400. The first-order valence-electron chi connectivity index (χ1n) is 6.69. The largest absolute Gasteiger partial charge is 0.387 e. The minimum atomic E-state index is 0.639. The summed E-state index contributed by atoms with van der Waals surface area (Å²) in [6.45, 7) is 0. The lowest BCUT2D eigenvalue weighted by Gasteiger charge is -2.16. The Kier molecular flexibility index (Phi) is 3.55. The van der Waals surface area contributed by atoms with E-state index in [1.807, 2.05) is 13.1 Å². The summed E-state index contributed by atoms with van der Waals surface area (Å²) in [5.41, 5.74) is 4.55. The van der Waals surface area contributed by atoms with E-state index in [1.54, 1.807) is 6.07 Å². The van der Waals surface area contributed by atoms with E-state index in [1.165, 1.54) is 30.5 Å². The van der Waals surface area contributed by atoms with Crippen molar-refractivity contribution < 1.29 is 0 Å². The fourth-order valence-corrected chi connectivity index (χ4v) is 3.50. The molecule has 0 aliphatic heterocycles. The van der Waals surface area contributed by atoms with Crippen LogP contribution in [0.1, 0.15) is 30.5 Å². The summed E-state index contributed by atoms with van der Waals surface area (Å²) in [5, 5.41) is 5.63. The van der Waals surface area contributed by atoms with Gasteiger partial charge in [-0.15, -0.1) is 0 Å². The number of pyridine rings is 1. The molecular formula is C15H16Cl2N2. The van der Waals surface area contributed by atoms with Gasteiger partial charge >= 0.3 is 0 Å². The Morgan fingerprint density at radius 1 is 1.11 bits per heavy atom. The zero-order valence-corrected chi connectivity index (χ0v) is 12.4. The molecule has 100 valence electrons. The minimum Gasteiger partial charge on any atom is -0.387 e. The number of anilines is 1. The van der Waals surface area contributed by atoms with Crippen LogP contribution in [-0.2, 0) is 12.8 Å². The number of halogens is 2. The van der Waals surface area contributed by atoms with Crippen LogP contribution in [0, 0.1) is 0 Å². The van der Waals surface area contributed by atoms with Crippen molar-refractivity contribution in [3.63, 3.8) is 0 Å². The molecule has 1 heterocycles. The van der Waals surface area contributed by atoms with Gasteiger partial charge in [0.1, 0.15) is 0 Å². The maximum Gasteiger partial charge on any atom is 0.0756 e. The molecule has 4 heteroatoms. The zero-order valence-electron chi connectivity index (χ0n) is 10.9. The Bertz CT molecular complexity index is 638. The van der Waals surface area contributed by atoms with Crippen LogP contribution in [0.15, 0.2) is 12.1 Å². The van der Waals surface area contributed by atoms with Crippen LogP contribution in [0.5, 0.6) is 0 Å². The maximum atomic E-state index is 6.37. The molecule has 19 heavy (non-hydrogen) atoms. The van der Waals surface area contributed by atoms with Crippen LogP contribution < -0.4 is 5.32 Å². The molecule has 0 atom stereocenters. The van der Waals surface area contributed by atoms with Crippen molar-refractivity contribution in [3.8, 4) is 0 Å². The molecule has 1 aromatic carbocycles. The number of fused-ring (bicyclic) bond motifs is 2. The number of aromatic nitrogens is 1. The van der Waals surface area contributed by atoms with Gasteiger partial charge in [-0.2, -0.15) is 0 Å². The number of rotatable bonds is 1. The Morgan fingerprint density at radius 3 is 2.68 bits per heavy atom. The van der Waals surface area contributed by atoms with Gasteiger partial charge < -0.3 is 5.32 Å². The zero-order chi connectivity index (χ0) is 13.4. The SMILES string of the molecule is CNc1c2c(nc3cc(Cl)cc(Cl)c13)CCCCC2. The van der Waals surface area contributed by atoms with Crippen molar-refractivity contribution in [1.29, 1.82) is 0 Å². The van der Waals surface area contributed by atoms with Gasteiger partial charge in [0.15, 0.2) is 0 Å². The summed E-state index contributed by atoms with van der Waals surface area (Å²) >= 11 is 12.5. The van der Waals surface area contributed by atoms with Crippen LogP contribution in [-0.4, -0.2) is 12.0 Å². The standard InChI is InChI=1S/C15H16Cl2N2/c1-18-15-10-5-3-2-4-6-12(10)19-13-8-9(16)7-11(17)14(13)15/h7-8H,2-6H2,1H3,(H,18,19). The summed E-state index contributed by atoms with van der Waals surface area (Å²) in [4.78, 5) is 4.80. The lowest BCUT2D eigenvalue weighted by atomic mass is 10.0. The van der Waals surface area contributed by atoms with E-state index >= 15 is 0 Å². The first kappa shape index (κ1) is 13.0. The normalized spacial score (nSPS) is 15.1. The molecule has 0 saturated heterocycles.